The van der Waals surface area contributed by atoms with E-state index in [4.69, 9.17) is 4.74 Å². The number of amides is 1. The molecule has 0 aliphatic rings. The van der Waals surface area contributed by atoms with Crippen LogP contribution in [0.1, 0.15) is 11.1 Å². The van der Waals surface area contributed by atoms with Gasteiger partial charge in [0.25, 0.3) is 0 Å². The first-order valence-electron chi connectivity index (χ1n) is 4.59. The van der Waals surface area contributed by atoms with Gasteiger partial charge in [-0.25, -0.2) is 0 Å². The van der Waals surface area contributed by atoms with Crippen molar-refractivity contribution in [2.24, 2.45) is 0 Å². The fourth-order valence-corrected chi connectivity index (χ4v) is 1.55. The van der Waals surface area contributed by atoms with E-state index in [9.17, 15) is 4.79 Å². The van der Waals surface area contributed by atoms with Crippen molar-refractivity contribution < 1.29 is 9.53 Å². The topological polar surface area (TPSA) is 38.3 Å². The number of hydrogen-bond acceptors (Lipinski definition) is 2. The number of nitrogens with one attached hydrogen (secondary N) is 1. The lowest BCUT2D eigenvalue weighted by atomic mass is 10.1. The molecule has 0 saturated carbocycles. The lowest BCUT2D eigenvalue weighted by Gasteiger charge is -2.12. The third-order valence-corrected chi connectivity index (χ3v) is 2.64. The number of aryl methyl sites for hydroxylation is 2. The Hall–Kier alpha value is -1.03. The average molecular weight is 272 g/mol. The van der Waals surface area contributed by atoms with Crippen molar-refractivity contribution in [3.05, 3.63) is 23.3 Å². The Morgan fingerprint density at radius 2 is 1.93 bits per heavy atom. The molecule has 1 amide bonds. The van der Waals surface area contributed by atoms with E-state index in [1.54, 1.807) is 7.11 Å². The summed E-state index contributed by atoms with van der Waals surface area (Å²) in [6, 6.07) is 3.80. The Bertz CT molecular complexity index is 354. The molecule has 1 aromatic rings. The van der Waals surface area contributed by atoms with Crippen LogP contribution in [0.5, 0.6) is 5.75 Å². The van der Waals surface area contributed by atoms with E-state index >= 15 is 0 Å². The van der Waals surface area contributed by atoms with Crippen LogP contribution in [0.25, 0.3) is 0 Å². The molecule has 3 nitrogen and oxygen atoms in total. The maximum atomic E-state index is 11.3. The van der Waals surface area contributed by atoms with E-state index in [0.29, 0.717) is 5.33 Å². The van der Waals surface area contributed by atoms with Crippen molar-refractivity contribution in [2.45, 2.75) is 13.8 Å². The van der Waals surface area contributed by atoms with Crippen LogP contribution in [0.3, 0.4) is 0 Å². The van der Waals surface area contributed by atoms with Crippen molar-refractivity contribution >= 4 is 27.5 Å². The predicted octanol–water partition coefficient (Wildman–Crippen LogP) is 2.65. The summed E-state index contributed by atoms with van der Waals surface area (Å²) in [6.45, 7) is 3.89. The lowest BCUT2D eigenvalue weighted by molar-refractivity contribution is -0.113. The molecule has 0 bridgehead atoms. The molecule has 0 fully saturated rings. The number of carbonyl (C=O) groups excluding carboxylic acids is 1. The molecule has 0 aliphatic carbocycles. The van der Waals surface area contributed by atoms with Crippen LogP contribution in [0.15, 0.2) is 12.1 Å². The fraction of sp³-hybridized carbons (Fsp3) is 0.364. The number of hydrogen-bond donors (Lipinski definition) is 1. The van der Waals surface area contributed by atoms with Crippen LogP contribution in [0.2, 0.25) is 0 Å². The van der Waals surface area contributed by atoms with Crippen molar-refractivity contribution in [3.8, 4) is 5.75 Å². The highest BCUT2D eigenvalue weighted by molar-refractivity contribution is 9.09. The lowest BCUT2D eigenvalue weighted by Crippen LogP contribution is -2.14. The van der Waals surface area contributed by atoms with Crippen LogP contribution in [0.4, 0.5) is 5.69 Å². The molecule has 0 saturated heterocycles. The SMILES string of the molecule is COc1cc(C)c(NC(=O)CBr)c(C)c1. The Kier molecular flexibility index (Phi) is 4.15. The maximum Gasteiger partial charge on any atom is 0.235 e. The van der Waals surface area contributed by atoms with E-state index < -0.39 is 0 Å². The van der Waals surface area contributed by atoms with Gasteiger partial charge in [-0.05, 0) is 37.1 Å². The molecule has 15 heavy (non-hydrogen) atoms. The fourth-order valence-electron chi connectivity index (χ4n) is 1.41. The minimum atomic E-state index is -0.0497. The monoisotopic (exact) mass is 271 g/mol. The summed E-state index contributed by atoms with van der Waals surface area (Å²) < 4.78 is 5.14. The highest BCUT2D eigenvalue weighted by atomic mass is 79.9. The summed E-state index contributed by atoms with van der Waals surface area (Å²) in [5.41, 5.74) is 2.86. The van der Waals surface area contributed by atoms with Gasteiger partial charge in [0.2, 0.25) is 5.91 Å². The Morgan fingerprint density at radius 1 is 1.40 bits per heavy atom. The van der Waals surface area contributed by atoms with Gasteiger partial charge in [0.15, 0.2) is 0 Å². The largest absolute Gasteiger partial charge is 0.497 e. The zero-order valence-electron chi connectivity index (χ0n) is 9.06. The minimum absolute atomic E-state index is 0.0497. The van der Waals surface area contributed by atoms with E-state index in [1.807, 2.05) is 26.0 Å². The van der Waals surface area contributed by atoms with Crippen molar-refractivity contribution in [2.75, 3.05) is 17.8 Å². The normalized spacial score (nSPS) is 9.87. The second-order valence-corrected chi connectivity index (χ2v) is 3.88. The van der Waals surface area contributed by atoms with Gasteiger partial charge in [0, 0.05) is 5.69 Å². The molecule has 0 unspecified atom stereocenters. The zero-order chi connectivity index (χ0) is 11.4. The summed E-state index contributed by atoms with van der Waals surface area (Å²) in [5, 5.41) is 3.14. The molecule has 1 N–H and O–H groups in total. The van der Waals surface area contributed by atoms with Gasteiger partial charge in [0.1, 0.15) is 5.75 Å². The average Bonchev–Trinajstić information content (AvgIpc) is 2.22. The first-order valence-corrected chi connectivity index (χ1v) is 5.71. The van der Waals surface area contributed by atoms with E-state index in [-0.39, 0.29) is 5.91 Å². The van der Waals surface area contributed by atoms with Gasteiger partial charge >= 0.3 is 0 Å². The number of alkyl halides is 1. The van der Waals surface area contributed by atoms with Gasteiger partial charge in [0.05, 0.1) is 12.4 Å². The quantitative estimate of drug-likeness (QED) is 0.859. The Morgan fingerprint density at radius 3 is 2.33 bits per heavy atom. The Labute approximate surface area is 97.9 Å². The third-order valence-electron chi connectivity index (χ3n) is 2.13. The van der Waals surface area contributed by atoms with E-state index in [0.717, 1.165) is 22.6 Å². The smallest absolute Gasteiger partial charge is 0.235 e. The molecular formula is C11H14BrNO2. The van der Waals surface area contributed by atoms with Crippen molar-refractivity contribution in [1.82, 2.24) is 0 Å². The summed E-state index contributed by atoms with van der Waals surface area (Å²) >= 11 is 3.11. The molecule has 0 heterocycles. The minimum Gasteiger partial charge on any atom is -0.497 e. The number of rotatable bonds is 3. The van der Waals surface area contributed by atoms with Gasteiger partial charge in [-0.15, -0.1) is 0 Å². The Balaban J connectivity index is 3.03. The second-order valence-electron chi connectivity index (χ2n) is 3.32. The van der Waals surface area contributed by atoms with E-state index in [1.165, 1.54) is 0 Å². The third kappa shape index (κ3) is 2.96. The summed E-state index contributed by atoms with van der Waals surface area (Å²) in [5.74, 6) is 0.758. The molecule has 1 aromatic carbocycles. The molecule has 0 atom stereocenters. The molecule has 0 aromatic heterocycles. The molecule has 1 rings (SSSR count). The van der Waals surface area contributed by atoms with Gasteiger partial charge in [-0.1, -0.05) is 15.9 Å². The highest BCUT2D eigenvalue weighted by Gasteiger charge is 2.08. The van der Waals surface area contributed by atoms with Crippen LogP contribution in [0, 0.1) is 13.8 Å². The van der Waals surface area contributed by atoms with Crippen LogP contribution < -0.4 is 10.1 Å². The zero-order valence-corrected chi connectivity index (χ0v) is 10.6. The first kappa shape index (κ1) is 12.0. The predicted molar refractivity (Wildman–Crippen MR) is 64.9 cm³/mol. The van der Waals surface area contributed by atoms with Gasteiger partial charge in [-0.2, -0.15) is 0 Å². The van der Waals surface area contributed by atoms with Crippen LogP contribution >= 0.6 is 15.9 Å². The molecular weight excluding hydrogens is 258 g/mol. The first-order chi connectivity index (χ1) is 7.08. The standard InChI is InChI=1S/C11H14BrNO2/c1-7-4-9(15-3)5-8(2)11(7)13-10(14)6-12/h4-5H,6H2,1-3H3,(H,13,14). The van der Waals surface area contributed by atoms with Crippen molar-refractivity contribution in [3.63, 3.8) is 0 Å². The molecule has 0 spiro atoms. The molecule has 82 valence electrons. The number of halogens is 1. The number of anilines is 1. The number of ether oxygens (including phenoxy) is 1. The van der Waals surface area contributed by atoms with Crippen LogP contribution in [-0.2, 0) is 4.79 Å². The summed E-state index contributed by atoms with van der Waals surface area (Å²) in [7, 11) is 1.63. The maximum absolute atomic E-state index is 11.3. The summed E-state index contributed by atoms with van der Waals surface area (Å²) in [4.78, 5) is 11.3. The number of benzene rings is 1. The summed E-state index contributed by atoms with van der Waals surface area (Å²) in [6.07, 6.45) is 0. The number of methoxy groups -OCH3 is 1. The van der Waals surface area contributed by atoms with Gasteiger partial charge in [-0.3, -0.25) is 4.79 Å². The second kappa shape index (κ2) is 5.16. The highest BCUT2D eigenvalue weighted by Crippen LogP contribution is 2.25. The molecule has 0 aliphatic heterocycles. The molecule has 0 radical (unpaired) electrons. The number of carbonyl (C=O) groups is 1. The van der Waals surface area contributed by atoms with Gasteiger partial charge < -0.3 is 10.1 Å². The van der Waals surface area contributed by atoms with Crippen LogP contribution in [-0.4, -0.2) is 18.3 Å². The van der Waals surface area contributed by atoms with Crippen molar-refractivity contribution in [1.29, 1.82) is 0 Å². The molecule has 4 heteroatoms. The van der Waals surface area contributed by atoms with E-state index in [2.05, 4.69) is 21.2 Å².